The van der Waals surface area contributed by atoms with Crippen molar-refractivity contribution in [2.45, 2.75) is 12.5 Å². The lowest BCUT2D eigenvalue weighted by atomic mass is 10.2. The van der Waals surface area contributed by atoms with Crippen LogP contribution in [0, 0.1) is 12.3 Å². The van der Waals surface area contributed by atoms with Gasteiger partial charge in [0.05, 0.1) is 0 Å². The summed E-state index contributed by atoms with van der Waals surface area (Å²) in [5.74, 6) is 2.93. The van der Waals surface area contributed by atoms with Crippen LogP contribution in [0.15, 0.2) is 34.7 Å². The molecule has 2 aromatic rings. The van der Waals surface area contributed by atoms with Crippen LogP contribution in [0.3, 0.4) is 0 Å². The number of rotatable bonds is 2. The van der Waals surface area contributed by atoms with Crippen LogP contribution in [-0.2, 0) is 0 Å². The Hall–Kier alpha value is -1.72. The van der Waals surface area contributed by atoms with Crippen molar-refractivity contribution >= 4 is 11.0 Å². The fraction of sp³-hybridized carbons (Fsp3) is 0.167. The van der Waals surface area contributed by atoms with E-state index in [2.05, 4.69) is 5.92 Å². The standard InChI is InChI=1S/C12H10O2/c1-2-5-10(13)12-8-9-6-3-4-7-11(9)14-12/h1,3-4,6-8,10,13H,5H2. The zero-order valence-electron chi connectivity index (χ0n) is 7.60. The van der Waals surface area contributed by atoms with Crippen LogP contribution in [0.1, 0.15) is 18.3 Å². The summed E-state index contributed by atoms with van der Waals surface area (Å²) in [5.41, 5.74) is 0.776. The van der Waals surface area contributed by atoms with Crippen molar-refractivity contribution in [3.05, 3.63) is 36.1 Å². The zero-order valence-corrected chi connectivity index (χ0v) is 7.60. The quantitative estimate of drug-likeness (QED) is 0.731. The highest BCUT2D eigenvalue weighted by Crippen LogP contribution is 2.24. The predicted molar refractivity (Wildman–Crippen MR) is 54.6 cm³/mol. The van der Waals surface area contributed by atoms with Gasteiger partial charge in [-0.1, -0.05) is 18.2 Å². The maximum absolute atomic E-state index is 9.59. The molecule has 14 heavy (non-hydrogen) atoms. The summed E-state index contributed by atoms with van der Waals surface area (Å²) in [6.45, 7) is 0. The number of fused-ring (bicyclic) bond motifs is 1. The van der Waals surface area contributed by atoms with E-state index in [-0.39, 0.29) is 6.42 Å². The maximum Gasteiger partial charge on any atom is 0.134 e. The summed E-state index contributed by atoms with van der Waals surface area (Å²) >= 11 is 0. The molecule has 1 atom stereocenters. The molecule has 2 nitrogen and oxygen atoms in total. The maximum atomic E-state index is 9.59. The fourth-order valence-electron chi connectivity index (χ4n) is 1.38. The van der Waals surface area contributed by atoms with Gasteiger partial charge in [-0.2, -0.15) is 0 Å². The summed E-state index contributed by atoms with van der Waals surface area (Å²) in [7, 11) is 0. The van der Waals surface area contributed by atoms with Gasteiger partial charge < -0.3 is 9.52 Å². The molecule has 0 spiro atoms. The molecule has 0 radical (unpaired) electrons. The van der Waals surface area contributed by atoms with Gasteiger partial charge in [0.1, 0.15) is 17.4 Å². The molecule has 1 aromatic carbocycles. The smallest absolute Gasteiger partial charge is 0.134 e. The molecule has 0 aliphatic heterocycles. The highest BCUT2D eigenvalue weighted by Gasteiger charge is 2.11. The van der Waals surface area contributed by atoms with Gasteiger partial charge in [0.15, 0.2) is 0 Å². The first kappa shape index (κ1) is 8.86. The molecule has 1 N–H and O–H groups in total. The van der Waals surface area contributed by atoms with Crippen molar-refractivity contribution < 1.29 is 9.52 Å². The van der Waals surface area contributed by atoms with Crippen molar-refractivity contribution in [1.29, 1.82) is 0 Å². The molecule has 0 amide bonds. The second kappa shape index (κ2) is 3.57. The molecule has 0 aliphatic carbocycles. The lowest BCUT2D eigenvalue weighted by Gasteiger charge is -2.00. The monoisotopic (exact) mass is 186 g/mol. The Morgan fingerprint density at radius 3 is 2.93 bits per heavy atom. The van der Waals surface area contributed by atoms with Gasteiger partial charge in [-0.25, -0.2) is 0 Å². The minimum absolute atomic E-state index is 0.278. The molecule has 1 unspecified atom stereocenters. The highest BCUT2D eigenvalue weighted by molar-refractivity contribution is 5.77. The number of benzene rings is 1. The lowest BCUT2D eigenvalue weighted by Crippen LogP contribution is -1.92. The molecular weight excluding hydrogens is 176 g/mol. The van der Waals surface area contributed by atoms with Crippen molar-refractivity contribution in [3.63, 3.8) is 0 Å². The van der Waals surface area contributed by atoms with Crippen LogP contribution < -0.4 is 0 Å². The summed E-state index contributed by atoms with van der Waals surface area (Å²) in [6.07, 6.45) is 4.69. The Balaban J connectivity index is 2.41. The molecule has 2 rings (SSSR count). The number of terminal acetylenes is 1. The Kier molecular flexibility index (Phi) is 2.26. The Morgan fingerprint density at radius 1 is 1.43 bits per heavy atom. The van der Waals surface area contributed by atoms with Gasteiger partial charge in [0, 0.05) is 11.8 Å². The third-order valence-electron chi connectivity index (χ3n) is 2.08. The number of furan rings is 1. The van der Waals surface area contributed by atoms with E-state index >= 15 is 0 Å². The average molecular weight is 186 g/mol. The van der Waals surface area contributed by atoms with E-state index in [1.54, 1.807) is 0 Å². The van der Waals surface area contributed by atoms with Gasteiger partial charge in [-0.05, 0) is 12.1 Å². The SMILES string of the molecule is C#CCC(O)c1cc2ccccc2o1. The third kappa shape index (κ3) is 1.50. The predicted octanol–water partition coefficient (Wildman–Crippen LogP) is 2.49. The first-order valence-corrected chi connectivity index (χ1v) is 4.41. The van der Waals surface area contributed by atoms with E-state index in [0.29, 0.717) is 5.76 Å². The van der Waals surface area contributed by atoms with Gasteiger partial charge in [-0.15, -0.1) is 12.3 Å². The van der Waals surface area contributed by atoms with E-state index in [1.165, 1.54) is 0 Å². The molecule has 0 bridgehead atoms. The van der Waals surface area contributed by atoms with E-state index in [0.717, 1.165) is 11.0 Å². The molecule has 1 aromatic heterocycles. The summed E-state index contributed by atoms with van der Waals surface area (Å²) in [4.78, 5) is 0. The number of hydrogen-bond acceptors (Lipinski definition) is 2. The van der Waals surface area contributed by atoms with Gasteiger partial charge in [-0.3, -0.25) is 0 Å². The Morgan fingerprint density at radius 2 is 2.21 bits per heavy atom. The number of aliphatic hydroxyl groups excluding tert-OH is 1. The van der Waals surface area contributed by atoms with Gasteiger partial charge >= 0.3 is 0 Å². The van der Waals surface area contributed by atoms with Crippen molar-refractivity contribution in [3.8, 4) is 12.3 Å². The first-order chi connectivity index (χ1) is 6.81. The molecule has 1 heterocycles. The highest BCUT2D eigenvalue weighted by atomic mass is 16.4. The fourth-order valence-corrected chi connectivity index (χ4v) is 1.38. The topological polar surface area (TPSA) is 33.4 Å². The average Bonchev–Trinajstić information content (AvgIpc) is 2.61. The summed E-state index contributed by atoms with van der Waals surface area (Å²) in [6, 6.07) is 9.43. The van der Waals surface area contributed by atoms with Crippen LogP contribution in [0.25, 0.3) is 11.0 Å². The van der Waals surface area contributed by atoms with Crippen LogP contribution in [0.5, 0.6) is 0 Å². The molecule has 2 heteroatoms. The van der Waals surface area contributed by atoms with Crippen molar-refractivity contribution in [2.75, 3.05) is 0 Å². The number of hydrogen-bond donors (Lipinski definition) is 1. The van der Waals surface area contributed by atoms with Crippen LogP contribution in [-0.4, -0.2) is 5.11 Å². The van der Waals surface area contributed by atoms with Crippen LogP contribution in [0.2, 0.25) is 0 Å². The Labute approximate surface area is 82.2 Å². The molecule has 0 aliphatic rings. The van der Waals surface area contributed by atoms with Crippen LogP contribution >= 0.6 is 0 Å². The van der Waals surface area contributed by atoms with E-state index in [9.17, 15) is 5.11 Å². The van der Waals surface area contributed by atoms with Gasteiger partial charge in [0.25, 0.3) is 0 Å². The second-order valence-electron chi connectivity index (χ2n) is 3.11. The molecule has 0 saturated heterocycles. The van der Waals surface area contributed by atoms with Crippen molar-refractivity contribution in [2.24, 2.45) is 0 Å². The van der Waals surface area contributed by atoms with Gasteiger partial charge in [0.2, 0.25) is 0 Å². The first-order valence-electron chi connectivity index (χ1n) is 4.41. The Bertz CT molecular complexity index is 443. The second-order valence-corrected chi connectivity index (χ2v) is 3.11. The molecular formula is C12H10O2. The van der Waals surface area contributed by atoms with E-state index in [1.807, 2.05) is 30.3 Å². The third-order valence-corrected chi connectivity index (χ3v) is 2.08. The molecule has 70 valence electrons. The minimum atomic E-state index is -0.701. The van der Waals surface area contributed by atoms with E-state index in [4.69, 9.17) is 10.8 Å². The van der Waals surface area contributed by atoms with Crippen molar-refractivity contribution in [1.82, 2.24) is 0 Å². The minimum Gasteiger partial charge on any atom is -0.458 e. The summed E-state index contributed by atoms with van der Waals surface area (Å²) in [5, 5.41) is 10.6. The summed E-state index contributed by atoms with van der Waals surface area (Å²) < 4.78 is 5.44. The normalized spacial score (nSPS) is 12.6. The zero-order chi connectivity index (χ0) is 9.97. The molecule has 0 saturated carbocycles. The van der Waals surface area contributed by atoms with Crippen LogP contribution in [0.4, 0.5) is 0 Å². The van der Waals surface area contributed by atoms with E-state index < -0.39 is 6.10 Å². The number of para-hydroxylation sites is 1. The number of aliphatic hydroxyl groups is 1. The molecule has 0 fully saturated rings. The lowest BCUT2D eigenvalue weighted by molar-refractivity contribution is 0.158. The largest absolute Gasteiger partial charge is 0.458 e.